The molecule has 0 bridgehead atoms. The van der Waals surface area contributed by atoms with Crippen LogP contribution < -0.4 is 0 Å². The Balaban J connectivity index is 1.97. The van der Waals surface area contributed by atoms with Gasteiger partial charge in [-0.2, -0.15) is 0 Å². The summed E-state index contributed by atoms with van der Waals surface area (Å²) in [5, 5.41) is 8.35. The Morgan fingerprint density at radius 2 is 0.875 bits per heavy atom. The highest BCUT2D eigenvalue weighted by Gasteiger charge is 2.42. The molecule has 0 radical (unpaired) electrons. The first-order valence-electron chi connectivity index (χ1n) is 21.4. The first-order valence-corrected chi connectivity index (χ1v) is 22.8. The van der Waals surface area contributed by atoms with Crippen LogP contribution in [-0.2, 0) is 20.4 Å². The minimum absolute atomic E-state index is 0.0353. The van der Waals surface area contributed by atoms with Gasteiger partial charge in [0.05, 0.1) is 13.0 Å². The minimum atomic E-state index is -1.47. The quantitative estimate of drug-likeness (QED) is 0.0518. The molecule has 1 aliphatic heterocycles. The van der Waals surface area contributed by atoms with Crippen LogP contribution >= 0.6 is 0 Å². The van der Waals surface area contributed by atoms with Gasteiger partial charge in [-0.15, -0.1) is 0 Å². The molecule has 3 atom stereocenters. The molecule has 2 amide bonds. The Morgan fingerprint density at radius 3 is 1.21 bits per heavy atom. The van der Waals surface area contributed by atoms with Crippen molar-refractivity contribution >= 4 is 22.6 Å². The van der Waals surface area contributed by atoms with Crippen LogP contribution in [0, 0.1) is 5.92 Å². The second-order valence-corrected chi connectivity index (χ2v) is 16.9. The van der Waals surface area contributed by atoms with Gasteiger partial charge in [-0.3, -0.25) is 18.7 Å². The van der Waals surface area contributed by atoms with Gasteiger partial charge in [0.1, 0.15) is 5.25 Å². The smallest absolute Gasteiger partial charge is 0.245 e. The summed E-state index contributed by atoms with van der Waals surface area (Å²) in [5.41, 5.74) is 0. The number of likely N-dealkylation sites (tertiary alicyclic amines) is 1. The van der Waals surface area contributed by atoms with Crippen LogP contribution in [0.25, 0.3) is 0 Å². The molecule has 1 aliphatic rings. The van der Waals surface area contributed by atoms with Gasteiger partial charge in [-0.1, -0.05) is 206 Å². The van der Waals surface area contributed by atoms with Crippen molar-refractivity contribution < 1.29 is 18.9 Å². The van der Waals surface area contributed by atoms with E-state index in [4.69, 9.17) is 5.11 Å². The summed E-state index contributed by atoms with van der Waals surface area (Å²) in [6.45, 7) is 4.78. The van der Waals surface area contributed by atoms with Gasteiger partial charge < -0.3 is 5.11 Å². The molecular weight excluding hydrogens is 615 g/mol. The van der Waals surface area contributed by atoms with Gasteiger partial charge in [0.2, 0.25) is 11.8 Å². The van der Waals surface area contributed by atoms with E-state index in [2.05, 4.69) is 13.8 Å². The largest absolute Gasteiger partial charge is 0.395 e. The van der Waals surface area contributed by atoms with Crippen molar-refractivity contribution in [2.75, 3.05) is 18.9 Å². The molecule has 1 saturated heterocycles. The summed E-state index contributed by atoms with van der Waals surface area (Å²) < 4.78 is 12.3. The Bertz CT molecular complexity index is 775. The van der Waals surface area contributed by atoms with E-state index in [-0.39, 0.29) is 30.6 Å². The number of carbonyl (C=O) groups excluding carboxylic acids is 2. The number of amides is 2. The molecule has 5 nitrogen and oxygen atoms in total. The van der Waals surface area contributed by atoms with Gasteiger partial charge in [0, 0.05) is 23.1 Å². The highest BCUT2D eigenvalue weighted by molar-refractivity contribution is 7.86. The molecule has 0 aromatic carbocycles. The van der Waals surface area contributed by atoms with Gasteiger partial charge in [0.15, 0.2) is 0 Å². The fourth-order valence-corrected chi connectivity index (χ4v) is 8.62. The van der Waals surface area contributed by atoms with E-state index < -0.39 is 16.0 Å². The third kappa shape index (κ3) is 24.4. The lowest BCUT2D eigenvalue weighted by atomic mass is 9.93. The van der Waals surface area contributed by atoms with E-state index in [1.807, 2.05) is 0 Å². The normalized spacial score (nSPS) is 16.3. The van der Waals surface area contributed by atoms with Crippen LogP contribution in [0.1, 0.15) is 226 Å². The number of rotatable bonds is 37. The molecule has 1 N–H and O–H groups in total. The van der Waals surface area contributed by atoms with Crippen LogP contribution in [0.3, 0.4) is 0 Å². The van der Waals surface area contributed by atoms with Crippen molar-refractivity contribution in [1.82, 2.24) is 4.90 Å². The standard InChI is InChI=1S/C42H81NO4S/c1-3-5-7-9-10-11-12-13-14-15-16-17-18-19-20-21-22-23-24-25-26-27-28-29-30-32-34-39(33-31-8-6-4-2)38-43-41(45)37-40(42(43)46)48(47)36-35-44/h39-40,44H,3-38H2,1-2H3. The fourth-order valence-electron chi connectivity index (χ4n) is 7.48. The van der Waals surface area contributed by atoms with E-state index >= 15 is 0 Å². The summed E-state index contributed by atoms with van der Waals surface area (Å²) in [6, 6.07) is 0. The second kappa shape index (κ2) is 33.4. The summed E-state index contributed by atoms with van der Waals surface area (Å²) in [5.74, 6) is -0.0539. The summed E-state index contributed by atoms with van der Waals surface area (Å²) in [4.78, 5) is 26.9. The van der Waals surface area contributed by atoms with Crippen molar-refractivity contribution in [3.05, 3.63) is 0 Å². The summed E-state index contributed by atoms with van der Waals surface area (Å²) in [7, 11) is -1.47. The van der Waals surface area contributed by atoms with Crippen LogP contribution in [0.2, 0.25) is 0 Å². The SMILES string of the molecule is CCCCCCCCCCCCCCCCCCCCCCCCCCCCC(CCCCCC)CN1C(=O)CC(S(=O)CCO)C1=O. The zero-order valence-corrected chi connectivity index (χ0v) is 33.0. The number of nitrogens with zero attached hydrogens (tertiary/aromatic N) is 1. The highest BCUT2D eigenvalue weighted by atomic mass is 32.2. The first kappa shape index (κ1) is 45.3. The van der Waals surface area contributed by atoms with E-state index in [0.29, 0.717) is 12.5 Å². The number of hydrogen-bond acceptors (Lipinski definition) is 4. The number of imide groups is 1. The zero-order valence-electron chi connectivity index (χ0n) is 32.1. The van der Waals surface area contributed by atoms with Gasteiger partial charge in [0.25, 0.3) is 0 Å². The topological polar surface area (TPSA) is 74.7 Å². The molecule has 0 saturated carbocycles. The summed E-state index contributed by atoms with van der Waals surface area (Å²) in [6.07, 6.45) is 43.4. The van der Waals surface area contributed by atoms with E-state index in [9.17, 15) is 13.8 Å². The first-order chi connectivity index (χ1) is 23.5. The van der Waals surface area contributed by atoms with Crippen molar-refractivity contribution in [2.45, 2.75) is 231 Å². The maximum atomic E-state index is 12.9. The lowest BCUT2D eigenvalue weighted by Gasteiger charge is -2.23. The van der Waals surface area contributed by atoms with Gasteiger partial charge >= 0.3 is 0 Å². The zero-order chi connectivity index (χ0) is 34.9. The molecule has 48 heavy (non-hydrogen) atoms. The number of carbonyl (C=O) groups is 2. The maximum absolute atomic E-state index is 12.9. The lowest BCUT2D eigenvalue weighted by Crippen LogP contribution is -2.37. The van der Waals surface area contributed by atoms with E-state index in [1.54, 1.807) is 0 Å². The predicted molar refractivity (Wildman–Crippen MR) is 208 cm³/mol. The average Bonchev–Trinajstić information content (AvgIpc) is 3.36. The molecule has 0 aromatic rings. The Labute approximate surface area is 301 Å². The number of aliphatic hydroxyl groups excluding tert-OH is 1. The molecule has 284 valence electrons. The van der Waals surface area contributed by atoms with Crippen LogP contribution in [0.4, 0.5) is 0 Å². The van der Waals surface area contributed by atoms with Crippen LogP contribution in [0.5, 0.6) is 0 Å². The predicted octanol–water partition coefficient (Wildman–Crippen LogP) is 12.0. The molecule has 1 heterocycles. The molecule has 1 rings (SSSR count). The average molecular weight is 696 g/mol. The van der Waals surface area contributed by atoms with E-state index in [1.165, 1.54) is 185 Å². The van der Waals surface area contributed by atoms with Gasteiger partial charge in [-0.05, 0) is 18.8 Å². The molecule has 0 aliphatic carbocycles. The number of hydrogen-bond donors (Lipinski definition) is 1. The Kier molecular flexibility index (Phi) is 31.5. The van der Waals surface area contributed by atoms with Crippen LogP contribution in [-0.4, -0.2) is 50.2 Å². The Morgan fingerprint density at radius 1 is 0.562 bits per heavy atom. The fraction of sp³-hybridized carbons (Fsp3) is 0.952. The monoisotopic (exact) mass is 696 g/mol. The van der Waals surface area contributed by atoms with Crippen molar-refractivity contribution in [2.24, 2.45) is 5.92 Å². The molecule has 1 fully saturated rings. The third-order valence-electron chi connectivity index (χ3n) is 10.7. The highest BCUT2D eigenvalue weighted by Crippen LogP contribution is 2.25. The molecule has 3 unspecified atom stereocenters. The molecule has 0 aromatic heterocycles. The van der Waals surface area contributed by atoms with Crippen molar-refractivity contribution in [3.8, 4) is 0 Å². The number of aliphatic hydroxyl groups is 1. The maximum Gasteiger partial charge on any atom is 0.245 e. The van der Waals surface area contributed by atoms with Crippen LogP contribution in [0.15, 0.2) is 0 Å². The summed E-state index contributed by atoms with van der Waals surface area (Å²) >= 11 is 0. The number of unbranched alkanes of at least 4 members (excludes halogenated alkanes) is 28. The van der Waals surface area contributed by atoms with Gasteiger partial charge in [-0.25, -0.2) is 0 Å². The second-order valence-electron chi connectivity index (χ2n) is 15.2. The lowest BCUT2D eigenvalue weighted by molar-refractivity contribution is -0.139. The Hall–Kier alpha value is -0.750. The van der Waals surface area contributed by atoms with Crippen molar-refractivity contribution in [3.63, 3.8) is 0 Å². The van der Waals surface area contributed by atoms with E-state index in [0.717, 1.165) is 25.7 Å². The molecule has 0 spiro atoms. The van der Waals surface area contributed by atoms with Crippen molar-refractivity contribution in [1.29, 1.82) is 0 Å². The molecular formula is C42H81NO4S. The minimum Gasteiger partial charge on any atom is -0.395 e. The molecule has 6 heteroatoms. The third-order valence-corrected chi connectivity index (χ3v) is 12.3.